The van der Waals surface area contributed by atoms with Gasteiger partial charge in [0.1, 0.15) is 5.54 Å². The van der Waals surface area contributed by atoms with Crippen LogP contribution < -0.4 is 5.32 Å². The molecule has 2 aliphatic rings. The van der Waals surface area contributed by atoms with Crippen LogP contribution in [0.25, 0.3) is 0 Å². The van der Waals surface area contributed by atoms with Gasteiger partial charge in [0.25, 0.3) is 0 Å². The number of hydrogen-bond acceptors (Lipinski definition) is 4. The number of aliphatic hydroxyl groups excluding tert-OH is 1. The van der Waals surface area contributed by atoms with Gasteiger partial charge in [-0.25, -0.2) is 0 Å². The second-order valence-corrected chi connectivity index (χ2v) is 6.33. The van der Waals surface area contributed by atoms with E-state index in [0.717, 1.165) is 51.6 Å². The lowest BCUT2D eigenvalue weighted by atomic mass is 9.83. The molecule has 1 aliphatic carbocycles. The van der Waals surface area contributed by atoms with Crippen molar-refractivity contribution >= 4 is 5.91 Å². The van der Waals surface area contributed by atoms with Crippen LogP contribution in [0.3, 0.4) is 0 Å². The summed E-state index contributed by atoms with van der Waals surface area (Å²) in [7, 11) is 0. The van der Waals surface area contributed by atoms with Gasteiger partial charge in [-0.3, -0.25) is 9.69 Å². The minimum Gasteiger partial charge on any atom is -0.393 e. The largest absolute Gasteiger partial charge is 0.393 e. The first-order valence-corrected chi connectivity index (χ1v) is 7.67. The zero-order valence-electron chi connectivity index (χ0n) is 12.3. The molecule has 1 amide bonds. The number of nitrogens with one attached hydrogen (secondary N) is 1. The molecule has 5 nitrogen and oxygen atoms in total. The van der Waals surface area contributed by atoms with E-state index in [-0.39, 0.29) is 17.9 Å². The zero-order valence-corrected chi connectivity index (χ0v) is 12.3. The molecule has 0 spiro atoms. The SMILES string of the molecule is CC(O)C1CCN(CC(=O)NC2(C#N)CCCCC2)C1. The topological polar surface area (TPSA) is 76.4 Å². The Hall–Kier alpha value is -1.12. The van der Waals surface area contributed by atoms with Crippen LogP contribution >= 0.6 is 0 Å². The number of likely N-dealkylation sites (tertiary alicyclic amines) is 1. The van der Waals surface area contributed by atoms with Gasteiger partial charge in [-0.2, -0.15) is 5.26 Å². The highest BCUT2D eigenvalue weighted by atomic mass is 16.3. The first-order chi connectivity index (χ1) is 9.54. The lowest BCUT2D eigenvalue weighted by Crippen LogP contribution is -2.51. The molecular formula is C15H25N3O2. The Morgan fingerprint density at radius 1 is 1.50 bits per heavy atom. The third-order valence-electron chi connectivity index (χ3n) is 4.66. The highest BCUT2D eigenvalue weighted by molar-refractivity contribution is 5.79. The fourth-order valence-corrected chi connectivity index (χ4v) is 3.33. The Bertz CT molecular complexity index is 383. The van der Waals surface area contributed by atoms with E-state index in [2.05, 4.69) is 16.3 Å². The fraction of sp³-hybridized carbons (Fsp3) is 0.867. The molecule has 0 radical (unpaired) electrons. The molecule has 20 heavy (non-hydrogen) atoms. The summed E-state index contributed by atoms with van der Waals surface area (Å²) in [6, 6.07) is 2.31. The van der Waals surface area contributed by atoms with E-state index in [1.165, 1.54) is 0 Å². The number of carbonyl (C=O) groups is 1. The molecule has 0 bridgehead atoms. The number of aliphatic hydroxyl groups is 1. The maximum Gasteiger partial charge on any atom is 0.235 e. The van der Waals surface area contributed by atoms with Crippen LogP contribution in [0.2, 0.25) is 0 Å². The summed E-state index contributed by atoms with van der Waals surface area (Å²) in [6.45, 7) is 3.76. The molecule has 2 N–H and O–H groups in total. The minimum atomic E-state index is -0.640. The lowest BCUT2D eigenvalue weighted by molar-refractivity contribution is -0.123. The molecule has 5 heteroatoms. The standard InChI is InChI=1S/C15H25N3O2/c1-12(19)13-5-8-18(9-13)10-14(20)17-15(11-16)6-3-2-4-7-15/h12-13,19H,2-10H2,1H3,(H,17,20). The van der Waals surface area contributed by atoms with Crippen molar-refractivity contribution in [1.82, 2.24) is 10.2 Å². The Morgan fingerprint density at radius 2 is 2.20 bits per heavy atom. The zero-order chi connectivity index (χ0) is 14.6. The molecule has 2 fully saturated rings. The summed E-state index contributed by atoms with van der Waals surface area (Å²) in [5.74, 6) is 0.210. The maximum absolute atomic E-state index is 12.1. The van der Waals surface area contributed by atoms with Crippen molar-refractivity contribution < 1.29 is 9.90 Å². The monoisotopic (exact) mass is 279 g/mol. The molecule has 0 aromatic rings. The van der Waals surface area contributed by atoms with Crippen molar-refractivity contribution in [2.75, 3.05) is 19.6 Å². The minimum absolute atomic E-state index is 0.0558. The van der Waals surface area contributed by atoms with Gasteiger partial charge in [0, 0.05) is 6.54 Å². The first kappa shape index (κ1) is 15.3. The van der Waals surface area contributed by atoms with E-state index in [1.54, 1.807) is 6.92 Å². The summed E-state index contributed by atoms with van der Waals surface area (Å²) in [5.41, 5.74) is -0.640. The van der Waals surface area contributed by atoms with Gasteiger partial charge in [-0.05, 0) is 38.6 Å². The normalized spacial score (nSPS) is 27.8. The molecule has 0 aromatic carbocycles. The van der Waals surface area contributed by atoms with Gasteiger partial charge in [-0.1, -0.05) is 19.3 Å². The van der Waals surface area contributed by atoms with Crippen molar-refractivity contribution in [2.45, 2.75) is 57.1 Å². The molecule has 2 rings (SSSR count). The van der Waals surface area contributed by atoms with E-state index < -0.39 is 5.54 Å². The van der Waals surface area contributed by atoms with Gasteiger partial charge < -0.3 is 10.4 Å². The van der Waals surface area contributed by atoms with Crippen LogP contribution in [0.1, 0.15) is 45.4 Å². The summed E-state index contributed by atoms with van der Waals surface area (Å²) in [5, 5.41) is 21.9. The molecule has 112 valence electrons. The predicted octanol–water partition coefficient (Wildman–Crippen LogP) is 1.03. The number of hydrogen-bond donors (Lipinski definition) is 2. The summed E-state index contributed by atoms with van der Waals surface area (Å²) >= 11 is 0. The quantitative estimate of drug-likeness (QED) is 0.806. The van der Waals surface area contributed by atoms with Crippen LogP contribution in [-0.2, 0) is 4.79 Å². The van der Waals surface area contributed by atoms with Gasteiger partial charge in [0.15, 0.2) is 0 Å². The molecular weight excluding hydrogens is 254 g/mol. The van der Waals surface area contributed by atoms with Crippen LogP contribution in [0.15, 0.2) is 0 Å². The Labute approximate surface area is 120 Å². The van der Waals surface area contributed by atoms with Gasteiger partial charge in [0.2, 0.25) is 5.91 Å². The lowest BCUT2D eigenvalue weighted by Gasteiger charge is -2.32. The average molecular weight is 279 g/mol. The molecule has 1 saturated heterocycles. The van der Waals surface area contributed by atoms with E-state index in [1.807, 2.05) is 0 Å². The number of amides is 1. The number of nitriles is 1. The van der Waals surface area contributed by atoms with Crippen molar-refractivity contribution in [3.8, 4) is 6.07 Å². The maximum atomic E-state index is 12.1. The van der Waals surface area contributed by atoms with Gasteiger partial charge >= 0.3 is 0 Å². The summed E-state index contributed by atoms with van der Waals surface area (Å²) < 4.78 is 0. The van der Waals surface area contributed by atoms with Crippen molar-refractivity contribution in [3.63, 3.8) is 0 Å². The van der Waals surface area contributed by atoms with Crippen molar-refractivity contribution in [1.29, 1.82) is 5.26 Å². The second-order valence-electron chi connectivity index (χ2n) is 6.33. The number of rotatable bonds is 4. The van der Waals surface area contributed by atoms with Crippen molar-refractivity contribution in [3.05, 3.63) is 0 Å². The van der Waals surface area contributed by atoms with Crippen molar-refractivity contribution in [2.24, 2.45) is 5.92 Å². The summed E-state index contributed by atoms with van der Waals surface area (Å²) in [6.07, 6.45) is 5.35. The molecule has 1 aliphatic heterocycles. The van der Waals surface area contributed by atoms with Crippen LogP contribution in [0.5, 0.6) is 0 Å². The predicted molar refractivity (Wildman–Crippen MR) is 75.8 cm³/mol. The highest BCUT2D eigenvalue weighted by Gasteiger charge is 2.34. The van der Waals surface area contributed by atoms with E-state index in [9.17, 15) is 15.2 Å². The second kappa shape index (κ2) is 6.55. The third-order valence-corrected chi connectivity index (χ3v) is 4.66. The average Bonchev–Trinajstić information content (AvgIpc) is 2.88. The van der Waals surface area contributed by atoms with Gasteiger partial charge in [0.05, 0.1) is 18.7 Å². The Balaban J connectivity index is 1.82. The number of carbonyl (C=O) groups excluding carboxylic acids is 1. The molecule has 2 unspecified atom stereocenters. The van der Waals surface area contributed by atoms with Crippen LogP contribution in [0, 0.1) is 17.2 Å². The molecule has 1 heterocycles. The molecule has 0 aromatic heterocycles. The Morgan fingerprint density at radius 3 is 2.75 bits per heavy atom. The number of nitrogens with zero attached hydrogens (tertiary/aromatic N) is 2. The Kier molecular flexibility index (Phi) is 5.00. The van der Waals surface area contributed by atoms with Crippen LogP contribution in [-0.4, -0.2) is 47.2 Å². The highest BCUT2D eigenvalue weighted by Crippen LogP contribution is 2.27. The third kappa shape index (κ3) is 3.71. The fourth-order valence-electron chi connectivity index (χ4n) is 3.33. The molecule has 1 saturated carbocycles. The molecule has 2 atom stereocenters. The van der Waals surface area contributed by atoms with E-state index in [4.69, 9.17) is 0 Å². The van der Waals surface area contributed by atoms with E-state index in [0.29, 0.717) is 6.54 Å². The van der Waals surface area contributed by atoms with Gasteiger partial charge in [-0.15, -0.1) is 0 Å². The first-order valence-electron chi connectivity index (χ1n) is 7.67. The van der Waals surface area contributed by atoms with Crippen LogP contribution in [0.4, 0.5) is 0 Å². The van der Waals surface area contributed by atoms with E-state index >= 15 is 0 Å². The summed E-state index contributed by atoms with van der Waals surface area (Å²) in [4.78, 5) is 14.2. The smallest absolute Gasteiger partial charge is 0.235 e.